The highest BCUT2D eigenvalue weighted by Crippen LogP contribution is 2.21. The van der Waals surface area contributed by atoms with Crippen molar-refractivity contribution in [3.8, 4) is 0 Å². The first-order valence-corrected chi connectivity index (χ1v) is 7.48. The number of carbonyl (C=O) groups excluding carboxylic acids is 1. The van der Waals surface area contributed by atoms with Gasteiger partial charge in [-0.25, -0.2) is 0 Å². The zero-order valence-electron chi connectivity index (χ0n) is 12.0. The molecule has 0 bridgehead atoms. The number of nitrogens with zero attached hydrogens (tertiary/aromatic N) is 1. The number of nitrogens with two attached hydrogens (primary N) is 1. The van der Waals surface area contributed by atoms with Crippen molar-refractivity contribution in [3.63, 3.8) is 0 Å². The van der Waals surface area contributed by atoms with Crippen molar-refractivity contribution in [2.24, 2.45) is 11.7 Å². The Balaban J connectivity index is 1.94. The van der Waals surface area contributed by atoms with Crippen LogP contribution in [0, 0.1) is 5.92 Å². The molecule has 1 aliphatic carbocycles. The van der Waals surface area contributed by atoms with Crippen molar-refractivity contribution in [2.75, 3.05) is 13.1 Å². The Kier molecular flexibility index (Phi) is 5.81. The molecule has 1 atom stereocenters. The normalized spacial score (nSPS) is 17.4. The van der Waals surface area contributed by atoms with Gasteiger partial charge in [0.25, 0.3) is 0 Å². The lowest BCUT2D eigenvalue weighted by molar-refractivity contribution is -0.132. The van der Waals surface area contributed by atoms with Crippen LogP contribution in [0.3, 0.4) is 0 Å². The van der Waals surface area contributed by atoms with Crippen LogP contribution in [0.4, 0.5) is 0 Å². The van der Waals surface area contributed by atoms with Crippen LogP contribution in [-0.4, -0.2) is 23.9 Å². The minimum atomic E-state index is 0.249. The smallest absolute Gasteiger partial charge is 0.223 e. The largest absolute Gasteiger partial charge is 0.338 e. The van der Waals surface area contributed by atoms with E-state index in [1.807, 2.05) is 23.1 Å². The summed E-state index contributed by atoms with van der Waals surface area (Å²) >= 11 is 0. The second-order valence-corrected chi connectivity index (χ2v) is 5.41. The minimum absolute atomic E-state index is 0.249. The summed E-state index contributed by atoms with van der Waals surface area (Å²) in [7, 11) is 0. The Bertz CT molecular complexity index is 442. The molecule has 0 radical (unpaired) electrons. The molecule has 1 aromatic rings. The van der Waals surface area contributed by atoms with Gasteiger partial charge in [0.1, 0.15) is 0 Å². The van der Waals surface area contributed by atoms with E-state index in [-0.39, 0.29) is 5.91 Å². The quantitative estimate of drug-likeness (QED) is 0.776. The number of allylic oxidation sites excluding steroid dienone is 2. The van der Waals surface area contributed by atoms with Crippen molar-refractivity contribution >= 4 is 5.91 Å². The fraction of sp³-hybridized carbons (Fsp3) is 0.471. The first-order chi connectivity index (χ1) is 9.79. The third-order valence-corrected chi connectivity index (χ3v) is 3.75. The van der Waals surface area contributed by atoms with E-state index < -0.39 is 0 Å². The van der Waals surface area contributed by atoms with Gasteiger partial charge < -0.3 is 10.6 Å². The van der Waals surface area contributed by atoms with Gasteiger partial charge in [-0.05, 0) is 37.3 Å². The average Bonchev–Trinajstić information content (AvgIpc) is 2.97. The molecule has 3 nitrogen and oxygen atoms in total. The van der Waals surface area contributed by atoms with Crippen LogP contribution in [0.2, 0.25) is 0 Å². The lowest BCUT2D eigenvalue weighted by Gasteiger charge is -2.24. The summed E-state index contributed by atoms with van der Waals surface area (Å²) in [6, 6.07) is 10.2. The molecule has 1 aromatic carbocycles. The highest BCUT2D eigenvalue weighted by molar-refractivity contribution is 5.76. The molecule has 2 rings (SSSR count). The predicted molar refractivity (Wildman–Crippen MR) is 82.0 cm³/mol. The van der Waals surface area contributed by atoms with E-state index in [1.165, 1.54) is 5.56 Å². The zero-order valence-corrected chi connectivity index (χ0v) is 12.0. The monoisotopic (exact) mass is 272 g/mol. The molecular formula is C17H24N2O. The molecule has 0 aliphatic heterocycles. The van der Waals surface area contributed by atoms with E-state index in [9.17, 15) is 4.79 Å². The van der Waals surface area contributed by atoms with E-state index >= 15 is 0 Å². The first kappa shape index (κ1) is 14.8. The van der Waals surface area contributed by atoms with E-state index in [1.54, 1.807) is 0 Å². The fourth-order valence-corrected chi connectivity index (χ4v) is 2.60. The number of amides is 1. The lowest BCUT2D eigenvalue weighted by atomic mass is 10.0. The summed E-state index contributed by atoms with van der Waals surface area (Å²) < 4.78 is 0. The van der Waals surface area contributed by atoms with Gasteiger partial charge in [-0.1, -0.05) is 42.5 Å². The Morgan fingerprint density at radius 1 is 1.30 bits per heavy atom. The maximum absolute atomic E-state index is 12.5. The summed E-state index contributed by atoms with van der Waals surface area (Å²) in [6.45, 7) is 2.07. The lowest BCUT2D eigenvalue weighted by Crippen LogP contribution is -2.33. The molecule has 1 unspecified atom stereocenters. The van der Waals surface area contributed by atoms with Gasteiger partial charge in [0.05, 0.1) is 0 Å². The molecule has 0 aromatic heterocycles. The molecule has 0 spiro atoms. The fourth-order valence-electron chi connectivity index (χ4n) is 2.60. The third kappa shape index (κ3) is 4.49. The summed E-state index contributed by atoms with van der Waals surface area (Å²) in [6.07, 6.45) is 8.08. The van der Waals surface area contributed by atoms with Crippen LogP contribution in [0.15, 0.2) is 42.5 Å². The standard InChI is InChI=1S/C17H24N2O/c18-11-6-12-19(14-16-9-2-1-3-10-16)17(20)13-15-7-4-5-8-15/h1-4,7,9-10,15H,5-6,8,11-14,18H2. The zero-order chi connectivity index (χ0) is 14.2. The van der Waals surface area contributed by atoms with E-state index in [4.69, 9.17) is 5.73 Å². The van der Waals surface area contributed by atoms with Crippen LogP contribution >= 0.6 is 0 Å². The van der Waals surface area contributed by atoms with Crippen molar-refractivity contribution in [3.05, 3.63) is 48.0 Å². The van der Waals surface area contributed by atoms with Gasteiger partial charge in [-0.3, -0.25) is 4.79 Å². The Morgan fingerprint density at radius 2 is 2.10 bits per heavy atom. The highest BCUT2D eigenvalue weighted by Gasteiger charge is 2.19. The molecule has 2 N–H and O–H groups in total. The number of benzene rings is 1. The van der Waals surface area contributed by atoms with Crippen LogP contribution in [0.25, 0.3) is 0 Å². The van der Waals surface area contributed by atoms with Crippen molar-refractivity contribution in [2.45, 2.75) is 32.2 Å². The topological polar surface area (TPSA) is 46.3 Å². The SMILES string of the molecule is NCCCN(Cc1ccccc1)C(=O)CC1C=CCC1. The van der Waals surface area contributed by atoms with Gasteiger partial charge in [-0.15, -0.1) is 0 Å². The Labute approximate surface area is 121 Å². The van der Waals surface area contributed by atoms with Crippen molar-refractivity contribution in [1.29, 1.82) is 0 Å². The molecule has 108 valence electrons. The summed E-state index contributed by atoms with van der Waals surface area (Å²) in [4.78, 5) is 14.4. The summed E-state index contributed by atoms with van der Waals surface area (Å²) in [5, 5.41) is 0. The highest BCUT2D eigenvalue weighted by atomic mass is 16.2. The van der Waals surface area contributed by atoms with E-state index in [2.05, 4.69) is 24.3 Å². The molecule has 0 saturated carbocycles. The minimum Gasteiger partial charge on any atom is -0.338 e. The van der Waals surface area contributed by atoms with Crippen LogP contribution in [0.5, 0.6) is 0 Å². The number of carbonyl (C=O) groups is 1. The van der Waals surface area contributed by atoms with Gasteiger partial charge >= 0.3 is 0 Å². The molecule has 0 saturated heterocycles. The van der Waals surface area contributed by atoms with Crippen molar-refractivity contribution < 1.29 is 4.79 Å². The van der Waals surface area contributed by atoms with Gasteiger partial charge in [-0.2, -0.15) is 0 Å². The number of hydrogen-bond donors (Lipinski definition) is 1. The van der Waals surface area contributed by atoms with Gasteiger partial charge in [0.2, 0.25) is 5.91 Å². The predicted octanol–water partition coefficient (Wildman–Crippen LogP) is 2.72. The van der Waals surface area contributed by atoms with Crippen LogP contribution < -0.4 is 5.73 Å². The number of hydrogen-bond acceptors (Lipinski definition) is 2. The Morgan fingerprint density at radius 3 is 2.75 bits per heavy atom. The number of rotatable bonds is 7. The third-order valence-electron chi connectivity index (χ3n) is 3.75. The average molecular weight is 272 g/mol. The summed E-state index contributed by atoms with van der Waals surface area (Å²) in [5.74, 6) is 0.678. The van der Waals surface area contributed by atoms with Gasteiger partial charge in [0.15, 0.2) is 0 Å². The first-order valence-electron chi connectivity index (χ1n) is 7.48. The Hall–Kier alpha value is -1.61. The van der Waals surface area contributed by atoms with E-state index in [0.717, 1.165) is 25.8 Å². The maximum Gasteiger partial charge on any atom is 0.223 e. The van der Waals surface area contributed by atoms with Gasteiger partial charge in [0, 0.05) is 19.5 Å². The van der Waals surface area contributed by atoms with E-state index in [0.29, 0.717) is 25.4 Å². The van der Waals surface area contributed by atoms with Crippen molar-refractivity contribution in [1.82, 2.24) is 4.90 Å². The second kappa shape index (κ2) is 7.85. The summed E-state index contributed by atoms with van der Waals surface area (Å²) in [5.41, 5.74) is 6.77. The molecule has 20 heavy (non-hydrogen) atoms. The molecule has 1 amide bonds. The molecular weight excluding hydrogens is 248 g/mol. The molecule has 1 aliphatic rings. The van der Waals surface area contributed by atoms with Crippen LogP contribution in [0.1, 0.15) is 31.2 Å². The maximum atomic E-state index is 12.5. The second-order valence-electron chi connectivity index (χ2n) is 5.41. The molecule has 0 heterocycles. The molecule has 0 fully saturated rings. The van der Waals surface area contributed by atoms with Crippen LogP contribution in [-0.2, 0) is 11.3 Å². The molecule has 3 heteroatoms.